The van der Waals surface area contributed by atoms with E-state index in [2.05, 4.69) is 17.3 Å². The van der Waals surface area contributed by atoms with E-state index in [1.54, 1.807) is 0 Å². The second-order valence-corrected chi connectivity index (χ2v) is 3.52. The zero-order valence-electron chi connectivity index (χ0n) is 7.45. The van der Waals surface area contributed by atoms with Gasteiger partial charge in [0.2, 0.25) is 0 Å². The number of nitrogens with one attached hydrogen (secondary N) is 1. The van der Waals surface area contributed by atoms with Crippen LogP contribution in [0.25, 0.3) is 0 Å². The molecular formula is C8H18Cl2N2. The van der Waals surface area contributed by atoms with Crippen LogP contribution in [0, 0.1) is 0 Å². The second-order valence-electron chi connectivity index (χ2n) is 3.52. The molecule has 1 N–H and O–H groups in total. The van der Waals surface area contributed by atoms with Gasteiger partial charge >= 0.3 is 0 Å². The van der Waals surface area contributed by atoms with Crippen LogP contribution in [0.3, 0.4) is 0 Å². The molecule has 12 heavy (non-hydrogen) atoms. The summed E-state index contributed by atoms with van der Waals surface area (Å²) in [5, 5.41) is 3.29. The maximum Gasteiger partial charge on any atom is 0.0320 e. The first kappa shape index (κ1) is 12.5. The predicted molar refractivity (Wildman–Crippen MR) is 56.6 cm³/mol. The Morgan fingerprint density at radius 2 is 1.75 bits per heavy atom. The molecule has 0 unspecified atom stereocenters. The van der Waals surface area contributed by atoms with Gasteiger partial charge in [0.05, 0.1) is 0 Å². The van der Waals surface area contributed by atoms with Gasteiger partial charge in [-0.25, -0.2) is 0 Å². The van der Waals surface area contributed by atoms with Crippen LogP contribution in [-0.4, -0.2) is 37.1 Å². The number of halogens is 2. The molecule has 0 aromatic rings. The summed E-state index contributed by atoms with van der Waals surface area (Å²) in [6, 6.07) is 1.75. The first-order chi connectivity index (χ1) is 4.90. The van der Waals surface area contributed by atoms with Crippen LogP contribution in [-0.2, 0) is 0 Å². The van der Waals surface area contributed by atoms with Gasteiger partial charge in [0, 0.05) is 25.2 Å². The van der Waals surface area contributed by atoms with E-state index in [1.807, 2.05) is 0 Å². The van der Waals surface area contributed by atoms with E-state index < -0.39 is 0 Å². The van der Waals surface area contributed by atoms with E-state index in [1.165, 1.54) is 32.4 Å². The molecule has 1 heterocycles. The van der Waals surface area contributed by atoms with Crippen molar-refractivity contribution in [2.24, 2.45) is 0 Å². The fourth-order valence-corrected chi connectivity index (χ4v) is 1.75. The van der Waals surface area contributed by atoms with Gasteiger partial charge in [0.15, 0.2) is 0 Å². The van der Waals surface area contributed by atoms with E-state index in [0.717, 1.165) is 12.1 Å². The van der Waals surface area contributed by atoms with Crippen LogP contribution in [0.15, 0.2) is 0 Å². The standard InChI is InChI=1S/C8H16N2.2ClH/c1-9-7-5-10(6-7)8-3-2-4-8;;/h7-9H,2-6H2,1H3;2*1H. The highest BCUT2D eigenvalue weighted by Gasteiger charge is 2.33. The summed E-state index contributed by atoms with van der Waals surface area (Å²) in [6.07, 6.45) is 4.37. The van der Waals surface area contributed by atoms with Gasteiger partial charge in [0.25, 0.3) is 0 Å². The molecule has 0 aromatic heterocycles. The van der Waals surface area contributed by atoms with Crippen molar-refractivity contribution in [2.45, 2.75) is 31.3 Å². The number of hydrogen-bond acceptors (Lipinski definition) is 2. The molecule has 0 radical (unpaired) electrons. The lowest BCUT2D eigenvalue weighted by atomic mass is 9.88. The largest absolute Gasteiger partial charge is 0.315 e. The van der Waals surface area contributed by atoms with Crippen molar-refractivity contribution in [3.05, 3.63) is 0 Å². The zero-order chi connectivity index (χ0) is 6.97. The minimum absolute atomic E-state index is 0. The lowest BCUT2D eigenvalue weighted by Gasteiger charge is -2.47. The molecule has 0 spiro atoms. The molecule has 2 aliphatic rings. The lowest BCUT2D eigenvalue weighted by molar-refractivity contribution is 0.0393. The Hall–Kier alpha value is 0.500. The summed E-state index contributed by atoms with van der Waals surface area (Å²) in [7, 11) is 2.06. The minimum Gasteiger partial charge on any atom is -0.315 e. The van der Waals surface area contributed by atoms with Crippen LogP contribution < -0.4 is 5.32 Å². The van der Waals surface area contributed by atoms with Crippen molar-refractivity contribution in [2.75, 3.05) is 20.1 Å². The number of hydrogen-bond donors (Lipinski definition) is 1. The minimum atomic E-state index is 0. The summed E-state index contributed by atoms with van der Waals surface area (Å²) < 4.78 is 0. The van der Waals surface area contributed by atoms with E-state index >= 15 is 0 Å². The molecule has 0 amide bonds. The molecule has 1 aliphatic carbocycles. The number of rotatable bonds is 2. The first-order valence-electron chi connectivity index (χ1n) is 4.31. The molecular weight excluding hydrogens is 195 g/mol. The second kappa shape index (κ2) is 5.28. The van der Waals surface area contributed by atoms with Gasteiger partial charge in [-0.1, -0.05) is 6.42 Å². The average Bonchev–Trinajstić information content (AvgIpc) is 1.72. The molecule has 2 fully saturated rings. The summed E-state index contributed by atoms with van der Waals surface area (Å²) >= 11 is 0. The highest BCUT2D eigenvalue weighted by Crippen LogP contribution is 2.28. The van der Waals surface area contributed by atoms with Crippen molar-refractivity contribution < 1.29 is 0 Å². The third kappa shape index (κ3) is 2.25. The van der Waals surface area contributed by atoms with Gasteiger partial charge in [0.1, 0.15) is 0 Å². The van der Waals surface area contributed by atoms with E-state index in [4.69, 9.17) is 0 Å². The lowest BCUT2D eigenvalue weighted by Crippen LogP contribution is -2.61. The summed E-state index contributed by atoms with van der Waals surface area (Å²) in [5.74, 6) is 0. The van der Waals surface area contributed by atoms with E-state index in [-0.39, 0.29) is 24.8 Å². The SMILES string of the molecule is CNC1CN(C2CCC2)C1.Cl.Cl. The molecule has 0 atom stereocenters. The normalized spacial score (nSPS) is 24.8. The Balaban J connectivity index is 0.000000605. The van der Waals surface area contributed by atoms with Gasteiger partial charge in [-0.15, -0.1) is 24.8 Å². The van der Waals surface area contributed by atoms with Crippen LogP contribution in [0.1, 0.15) is 19.3 Å². The third-order valence-corrected chi connectivity index (χ3v) is 2.91. The van der Waals surface area contributed by atoms with Gasteiger partial charge in [-0.3, -0.25) is 4.90 Å². The van der Waals surface area contributed by atoms with Gasteiger partial charge in [-0.05, 0) is 19.9 Å². The fraction of sp³-hybridized carbons (Fsp3) is 1.00. The van der Waals surface area contributed by atoms with Crippen molar-refractivity contribution >= 4 is 24.8 Å². The van der Waals surface area contributed by atoms with E-state index in [0.29, 0.717) is 0 Å². The first-order valence-corrected chi connectivity index (χ1v) is 4.31. The molecule has 74 valence electrons. The van der Waals surface area contributed by atoms with Crippen LogP contribution >= 0.6 is 24.8 Å². The van der Waals surface area contributed by atoms with Crippen molar-refractivity contribution in [1.29, 1.82) is 0 Å². The van der Waals surface area contributed by atoms with Crippen LogP contribution in [0.2, 0.25) is 0 Å². The molecule has 4 heteroatoms. The summed E-state index contributed by atoms with van der Waals surface area (Å²) in [5.41, 5.74) is 0. The number of nitrogens with zero attached hydrogens (tertiary/aromatic N) is 1. The Morgan fingerprint density at radius 1 is 1.17 bits per heavy atom. The summed E-state index contributed by atoms with van der Waals surface area (Å²) in [6.45, 7) is 2.59. The van der Waals surface area contributed by atoms with Gasteiger partial charge < -0.3 is 5.32 Å². The maximum atomic E-state index is 3.29. The third-order valence-electron chi connectivity index (χ3n) is 2.91. The topological polar surface area (TPSA) is 15.3 Å². The highest BCUT2D eigenvalue weighted by molar-refractivity contribution is 5.85. The fourth-order valence-electron chi connectivity index (χ4n) is 1.75. The highest BCUT2D eigenvalue weighted by atomic mass is 35.5. The molecule has 1 saturated carbocycles. The Labute approximate surface area is 86.9 Å². The molecule has 0 aromatic carbocycles. The molecule has 0 bridgehead atoms. The van der Waals surface area contributed by atoms with E-state index in [9.17, 15) is 0 Å². The number of likely N-dealkylation sites (N-methyl/N-ethyl adjacent to an activating group) is 1. The molecule has 2 nitrogen and oxygen atoms in total. The average molecular weight is 213 g/mol. The predicted octanol–water partition coefficient (Wildman–Crippen LogP) is 1.29. The Morgan fingerprint density at radius 3 is 2.08 bits per heavy atom. The van der Waals surface area contributed by atoms with Crippen molar-refractivity contribution in [3.8, 4) is 0 Å². The Bertz CT molecular complexity index is 122. The molecule has 2 rings (SSSR count). The van der Waals surface area contributed by atoms with Crippen molar-refractivity contribution in [3.63, 3.8) is 0 Å². The number of likely N-dealkylation sites (tertiary alicyclic amines) is 1. The van der Waals surface area contributed by atoms with Crippen LogP contribution in [0.4, 0.5) is 0 Å². The zero-order valence-corrected chi connectivity index (χ0v) is 9.09. The Kier molecular flexibility index (Phi) is 5.50. The monoisotopic (exact) mass is 212 g/mol. The maximum absolute atomic E-state index is 3.29. The van der Waals surface area contributed by atoms with Gasteiger partial charge in [-0.2, -0.15) is 0 Å². The molecule has 1 saturated heterocycles. The smallest absolute Gasteiger partial charge is 0.0320 e. The quantitative estimate of drug-likeness (QED) is 0.743. The van der Waals surface area contributed by atoms with Crippen molar-refractivity contribution in [1.82, 2.24) is 10.2 Å². The van der Waals surface area contributed by atoms with Crippen LogP contribution in [0.5, 0.6) is 0 Å². The summed E-state index contributed by atoms with van der Waals surface area (Å²) in [4.78, 5) is 2.60. The molecule has 1 aliphatic heterocycles.